The van der Waals surface area contributed by atoms with Gasteiger partial charge in [0.2, 0.25) is 0 Å². The van der Waals surface area contributed by atoms with Gasteiger partial charge in [0.05, 0.1) is 18.2 Å². The molecule has 36 heavy (non-hydrogen) atoms. The molecule has 3 heterocycles. The van der Waals surface area contributed by atoms with E-state index in [4.69, 9.17) is 4.74 Å². The van der Waals surface area contributed by atoms with Gasteiger partial charge in [0.15, 0.2) is 0 Å². The second-order valence-electron chi connectivity index (χ2n) is 9.70. The van der Waals surface area contributed by atoms with Gasteiger partial charge in [0.1, 0.15) is 11.6 Å². The number of piperidine rings is 1. The number of aromatic amines is 1. The van der Waals surface area contributed by atoms with E-state index in [0.717, 1.165) is 37.7 Å². The molecule has 0 atom stereocenters. The van der Waals surface area contributed by atoms with Crippen LogP contribution in [0.1, 0.15) is 52.0 Å². The summed E-state index contributed by atoms with van der Waals surface area (Å²) in [5.74, 6) is -0.604. The zero-order valence-electron chi connectivity index (χ0n) is 20.4. The van der Waals surface area contributed by atoms with Crippen LogP contribution in [-0.4, -0.2) is 65.7 Å². The molecule has 2 aliphatic rings. The van der Waals surface area contributed by atoms with Gasteiger partial charge in [-0.05, 0) is 61.8 Å². The van der Waals surface area contributed by atoms with Crippen LogP contribution >= 0.6 is 0 Å². The average Bonchev–Trinajstić information content (AvgIpc) is 3.58. The van der Waals surface area contributed by atoms with Gasteiger partial charge in [0.25, 0.3) is 17.6 Å². The van der Waals surface area contributed by atoms with Crippen molar-refractivity contribution >= 4 is 28.5 Å². The number of hydrogen-bond donors (Lipinski definition) is 1. The fraction of sp³-hybridized carbons (Fsp3) is 0.393. The van der Waals surface area contributed by atoms with E-state index in [1.54, 1.807) is 17.0 Å². The Bertz CT molecular complexity index is 1290. The number of benzene rings is 2. The van der Waals surface area contributed by atoms with Crippen LogP contribution in [0.4, 0.5) is 4.39 Å². The van der Waals surface area contributed by atoms with E-state index in [2.05, 4.69) is 4.98 Å². The van der Waals surface area contributed by atoms with Gasteiger partial charge in [-0.1, -0.05) is 12.1 Å². The number of likely N-dealkylation sites (tertiary alicyclic amines) is 2. The Morgan fingerprint density at radius 1 is 0.972 bits per heavy atom. The Morgan fingerprint density at radius 3 is 2.33 bits per heavy atom. The van der Waals surface area contributed by atoms with E-state index in [-0.39, 0.29) is 17.3 Å². The van der Waals surface area contributed by atoms with Crippen LogP contribution in [0.3, 0.4) is 0 Å². The molecule has 0 radical (unpaired) electrons. The summed E-state index contributed by atoms with van der Waals surface area (Å²) in [5, 5.41) is 0.544. The Kier molecular flexibility index (Phi) is 6.76. The lowest BCUT2D eigenvalue weighted by Gasteiger charge is -2.32. The number of ether oxygens (including phenoxy) is 1. The van der Waals surface area contributed by atoms with E-state index < -0.39 is 11.7 Å². The first kappa shape index (κ1) is 24.0. The quantitative estimate of drug-likeness (QED) is 0.414. The van der Waals surface area contributed by atoms with E-state index in [0.29, 0.717) is 54.3 Å². The largest absolute Gasteiger partial charge is 0.496 e. The molecule has 2 aliphatic heterocycles. The second-order valence-corrected chi connectivity index (χ2v) is 9.70. The Morgan fingerprint density at radius 2 is 1.67 bits per heavy atom. The molecule has 0 spiro atoms. The van der Waals surface area contributed by atoms with Crippen molar-refractivity contribution in [3.8, 4) is 5.75 Å². The molecule has 2 aromatic carbocycles. The van der Waals surface area contributed by atoms with Gasteiger partial charge in [-0.2, -0.15) is 0 Å². The summed E-state index contributed by atoms with van der Waals surface area (Å²) in [5.41, 5.74) is 2.39. The highest BCUT2D eigenvalue weighted by Gasteiger charge is 2.30. The maximum atomic E-state index is 13.5. The fourth-order valence-electron chi connectivity index (χ4n) is 5.32. The van der Waals surface area contributed by atoms with Crippen molar-refractivity contribution in [3.05, 3.63) is 65.1 Å². The lowest BCUT2D eigenvalue weighted by Crippen LogP contribution is -2.39. The van der Waals surface area contributed by atoms with E-state index in [1.165, 1.54) is 25.4 Å². The molecule has 2 fully saturated rings. The lowest BCUT2D eigenvalue weighted by molar-refractivity contribution is -0.125. The zero-order chi connectivity index (χ0) is 25.2. The minimum absolute atomic E-state index is 0.153. The molecule has 188 valence electrons. The molecule has 0 aliphatic carbocycles. The van der Waals surface area contributed by atoms with Crippen molar-refractivity contribution < 1.29 is 23.5 Å². The number of Topliss-reactive ketones (excluding diaryl/α,β-unsaturated/α-hetero) is 1. The number of amides is 2. The van der Waals surface area contributed by atoms with Crippen molar-refractivity contribution in [2.75, 3.05) is 33.3 Å². The Hall–Kier alpha value is -3.68. The molecule has 1 aromatic heterocycles. The molecule has 2 amide bonds. The standard InChI is InChI=1S/C28H30FN3O4/c1-36-25-16-24-21(23(17-30-24)26(33)28(35)31-10-2-3-11-31)15-22(25)27(34)32-12-8-19(9-13-32)14-18-4-6-20(29)7-5-18/h4-7,15-17,19,30H,2-3,8-14H2,1H3. The third-order valence-electron chi connectivity index (χ3n) is 7.40. The number of carbonyl (C=O) groups is 3. The van der Waals surface area contributed by atoms with Crippen LogP contribution in [0.2, 0.25) is 0 Å². The molecule has 1 N–H and O–H groups in total. The summed E-state index contributed by atoms with van der Waals surface area (Å²) < 4.78 is 18.7. The van der Waals surface area contributed by atoms with E-state index in [9.17, 15) is 18.8 Å². The van der Waals surface area contributed by atoms with Gasteiger partial charge in [-0.3, -0.25) is 14.4 Å². The SMILES string of the molecule is COc1cc2[nH]cc(C(=O)C(=O)N3CCCC3)c2cc1C(=O)N1CCC(Cc2ccc(F)cc2)CC1. The highest BCUT2D eigenvalue weighted by Crippen LogP contribution is 2.31. The minimum Gasteiger partial charge on any atom is -0.496 e. The predicted molar refractivity (Wildman–Crippen MR) is 134 cm³/mol. The summed E-state index contributed by atoms with van der Waals surface area (Å²) in [6, 6.07) is 9.97. The molecule has 8 heteroatoms. The molecular formula is C28H30FN3O4. The number of hydrogen-bond acceptors (Lipinski definition) is 4. The van der Waals surface area contributed by atoms with Gasteiger partial charge in [-0.15, -0.1) is 0 Å². The van der Waals surface area contributed by atoms with Crippen molar-refractivity contribution in [1.82, 2.24) is 14.8 Å². The highest BCUT2D eigenvalue weighted by molar-refractivity contribution is 6.45. The summed E-state index contributed by atoms with van der Waals surface area (Å²) >= 11 is 0. The number of rotatable bonds is 6. The maximum absolute atomic E-state index is 13.5. The number of nitrogens with one attached hydrogen (secondary N) is 1. The summed E-state index contributed by atoms with van der Waals surface area (Å²) in [4.78, 5) is 45.6. The molecule has 0 unspecified atom stereocenters. The number of ketones is 1. The number of carbonyl (C=O) groups excluding carboxylic acids is 3. The summed E-state index contributed by atoms with van der Waals surface area (Å²) in [6.45, 7) is 2.42. The van der Waals surface area contributed by atoms with Crippen LogP contribution in [-0.2, 0) is 11.2 Å². The van der Waals surface area contributed by atoms with Crippen LogP contribution in [0.5, 0.6) is 5.75 Å². The molecule has 3 aromatic rings. The normalized spacial score (nSPS) is 16.5. The molecule has 7 nitrogen and oxygen atoms in total. The number of halogens is 1. The second kappa shape index (κ2) is 10.1. The summed E-state index contributed by atoms with van der Waals surface area (Å²) in [7, 11) is 1.51. The smallest absolute Gasteiger partial charge is 0.295 e. The van der Waals surface area contributed by atoms with Crippen LogP contribution < -0.4 is 4.74 Å². The number of methoxy groups -OCH3 is 1. The summed E-state index contributed by atoms with van der Waals surface area (Å²) in [6.07, 6.45) is 5.91. The van der Waals surface area contributed by atoms with Crippen LogP contribution in [0, 0.1) is 11.7 Å². The molecular weight excluding hydrogens is 461 g/mol. The fourth-order valence-corrected chi connectivity index (χ4v) is 5.32. The van der Waals surface area contributed by atoms with Gasteiger partial charge >= 0.3 is 0 Å². The monoisotopic (exact) mass is 491 g/mol. The number of nitrogens with zero attached hydrogens (tertiary/aromatic N) is 2. The van der Waals surface area contributed by atoms with Crippen molar-refractivity contribution in [2.24, 2.45) is 5.92 Å². The number of H-pyrrole nitrogens is 1. The first-order valence-electron chi connectivity index (χ1n) is 12.5. The minimum atomic E-state index is -0.562. The van der Waals surface area contributed by atoms with Crippen molar-refractivity contribution in [1.29, 1.82) is 0 Å². The molecule has 2 saturated heterocycles. The third kappa shape index (κ3) is 4.72. The van der Waals surface area contributed by atoms with Crippen LogP contribution in [0.15, 0.2) is 42.6 Å². The first-order chi connectivity index (χ1) is 17.4. The maximum Gasteiger partial charge on any atom is 0.295 e. The molecule has 0 saturated carbocycles. The highest BCUT2D eigenvalue weighted by atomic mass is 19.1. The molecule has 5 rings (SSSR count). The van der Waals surface area contributed by atoms with Gasteiger partial charge < -0.3 is 19.5 Å². The number of aromatic nitrogens is 1. The lowest BCUT2D eigenvalue weighted by atomic mass is 9.90. The predicted octanol–water partition coefficient (Wildman–Crippen LogP) is 4.22. The average molecular weight is 492 g/mol. The van der Waals surface area contributed by atoms with E-state index in [1.807, 2.05) is 17.0 Å². The van der Waals surface area contributed by atoms with Gasteiger partial charge in [-0.25, -0.2) is 4.39 Å². The molecule has 0 bridgehead atoms. The zero-order valence-corrected chi connectivity index (χ0v) is 20.4. The third-order valence-corrected chi connectivity index (χ3v) is 7.40. The Balaban J connectivity index is 1.33. The van der Waals surface area contributed by atoms with Crippen molar-refractivity contribution in [3.63, 3.8) is 0 Å². The number of fused-ring (bicyclic) bond motifs is 1. The van der Waals surface area contributed by atoms with Crippen LogP contribution in [0.25, 0.3) is 10.9 Å². The van der Waals surface area contributed by atoms with Crippen molar-refractivity contribution in [2.45, 2.75) is 32.1 Å². The first-order valence-corrected chi connectivity index (χ1v) is 12.5. The van der Waals surface area contributed by atoms with E-state index >= 15 is 0 Å². The van der Waals surface area contributed by atoms with Gasteiger partial charge in [0, 0.05) is 49.3 Å². The topological polar surface area (TPSA) is 82.7 Å². The Labute approximate surface area is 209 Å².